The molecule has 0 aromatic carbocycles. The first-order valence-electron chi connectivity index (χ1n) is 10.1. The highest BCUT2D eigenvalue weighted by atomic mass is 16.5. The molecule has 1 heterocycles. The molecule has 0 spiro atoms. The molecule has 0 aliphatic carbocycles. The second-order valence-corrected chi connectivity index (χ2v) is 7.58. The number of nitrogens with zero attached hydrogens (tertiary/aromatic N) is 1. The van der Waals surface area contributed by atoms with Crippen LogP contribution in [-0.4, -0.2) is 87.1 Å². The molecular formula is C19H35N5O5. The topological polar surface area (TPSA) is 129 Å². The van der Waals surface area contributed by atoms with Gasteiger partial charge >= 0.3 is 0 Å². The van der Waals surface area contributed by atoms with Crippen molar-refractivity contribution in [1.29, 1.82) is 0 Å². The monoisotopic (exact) mass is 413 g/mol. The van der Waals surface area contributed by atoms with E-state index in [1.54, 1.807) is 6.92 Å². The molecule has 0 bridgehead atoms. The van der Waals surface area contributed by atoms with E-state index in [1.807, 2.05) is 25.8 Å². The Morgan fingerprint density at radius 3 is 2.31 bits per heavy atom. The smallest absolute Gasteiger partial charge is 0.245 e. The molecule has 166 valence electrons. The summed E-state index contributed by atoms with van der Waals surface area (Å²) in [6, 6.07) is -1.19. The Labute approximate surface area is 172 Å². The Bertz CT molecular complexity index is 569. The summed E-state index contributed by atoms with van der Waals surface area (Å²) < 4.78 is 5.48. The molecule has 10 heteroatoms. The molecule has 29 heavy (non-hydrogen) atoms. The first kappa shape index (κ1) is 24.8. The number of rotatable bonds is 12. The van der Waals surface area contributed by atoms with E-state index in [1.165, 1.54) is 0 Å². The maximum atomic E-state index is 12.4. The number of amides is 4. The summed E-state index contributed by atoms with van der Waals surface area (Å²) in [5.74, 6) is -1.26. The van der Waals surface area contributed by atoms with Crippen LogP contribution >= 0.6 is 0 Å². The van der Waals surface area contributed by atoms with Gasteiger partial charge in [-0.05, 0) is 39.3 Å². The second kappa shape index (κ2) is 13.1. The van der Waals surface area contributed by atoms with Crippen LogP contribution in [-0.2, 0) is 23.9 Å². The lowest BCUT2D eigenvalue weighted by Gasteiger charge is -2.21. The molecule has 2 unspecified atom stereocenters. The molecule has 1 saturated heterocycles. The zero-order valence-corrected chi connectivity index (χ0v) is 17.9. The summed E-state index contributed by atoms with van der Waals surface area (Å²) >= 11 is 0. The lowest BCUT2D eigenvalue weighted by Crippen LogP contribution is -2.53. The van der Waals surface area contributed by atoms with E-state index in [0.717, 1.165) is 19.4 Å². The summed E-state index contributed by atoms with van der Waals surface area (Å²) in [5.41, 5.74) is 0. The highest BCUT2D eigenvalue weighted by Gasteiger charge is 2.28. The summed E-state index contributed by atoms with van der Waals surface area (Å²) in [6.45, 7) is 7.02. The number of hydrogen-bond acceptors (Lipinski definition) is 6. The molecule has 1 rings (SSSR count). The van der Waals surface area contributed by atoms with Crippen LogP contribution in [0.15, 0.2) is 0 Å². The van der Waals surface area contributed by atoms with Crippen LogP contribution in [0.2, 0.25) is 0 Å². The molecular weight excluding hydrogens is 378 g/mol. The van der Waals surface area contributed by atoms with Gasteiger partial charge in [0.25, 0.3) is 0 Å². The van der Waals surface area contributed by atoms with Crippen molar-refractivity contribution < 1.29 is 23.9 Å². The summed E-state index contributed by atoms with van der Waals surface area (Å²) in [4.78, 5) is 50.3. The van der Waals surface area contributed by atoms with Crippen molar-refractivity contribution in [3.05, 3.63) is 0 Å². The van der Waals surface area contributed by atoms with Crippen molar-refractivity contribution in [2.45, 2.75) is 45.7 Å². The van der Waals surface area contributed by atoms with Gasteiger partial charge in [0.15, 0.2) is 0 Å². The van der Waals surface area contributed by atoms with Gasteiger partial charge in [-0.1, -0.05) is 13.8 Å². The Hall–Kier alpha value is -2.20. The number of carbonyl (C=O) groups is 4. The van der Waals surface area contributed by atoms with Gasteiger partial charge in [0.2, 0.25) is 23.6 Å². The number of likely N-dealkylation sites (tertiary alicyclic amines) is 1. The average molecular weight is 414 g/mol. The maximum Gasteiger partial charge on any atom is 0.245 e. The van der Waals surface area contributed by atoms with E-state index >= 15 is 0 Å². The average Bonchev–Trinajstić information content (AvgIpc) is 3.09. The quantitative estimate of drug-likeness (QED) is 0.312. The van der Waals surface area contributed by atoms with E-state index < -0.39 is 17.9 Å². The third kappa shape index (κ3) is 9.71. The Balaban J connectivity index is 2.52. The molecule has 4 N–H and O–H groups in total. The predicted molar refractivity (Wildman–Crippen MR) is 108 cm³/mol. The fourth-order valence-corrected chi connectivity index (χ4v) is 2.93. The molecule has 0 aromatic rings. The number of hydrogen-bond donors (Lipinski definition) is 4. The normalized spacial score (nSPS) is 17.6. The van der Waals surface area contributed by atoms with E-state index in [4.69, 9.17) is 4.74 Å². The maximum absolute atomic E-state index is 12.4. The third-order valence-electron chi connectivity index (χ3n) is 4.43. The van der Waals surface area contributed by atoms with E-state index in [2.05, 4.69) is 21.3 Å². The fraction of sp³-hybridized carbons (Fsp3) is 0.789. The van der Waals surface area contributed by atoms with Crippen LogP contribution in [0.25, 0.3) is 0 Å². The van der Waals surface area contributed by atoms with Crippen LogP contribution in [0.5, 0.6) is 0 Å². The number of likely N-dealkylation sites (N-methyl/N-ethyl adjacent to an activating group) is 2. The molecule has 1 fully saturated rings. The minimum absolute atomic E-state index is 0.0234. The SMILES string of the molecule is CCNC(=O)CNC(=O)C(COCC(C)C)NC(=O)CNC(=O)C1CCCN1C. The summed E-state index contributed by atoms with van der Waals surface area (Å²) in [5, 5.41) is 10.2. The fourth-order valence-electron chi connectivity index (χ4n) is 2.93. The molecule has 1 aliphatic rings. The predicted octanol–water partition coefficient (Wildman–Crippen LogP) is -1.39. The first-order valence-corrected chi connectivity index (χ1v) is 10.1. The Kier molecular flexibility index (Phi) is 11.2. The van der Waals surface area contributed by atoms with Gasteiger partial charge in [0, 0.05) is 13.2 Å². The highest BCUT2D eigenvalue weighted by molar-refractivity contribution is 5.92. The molecule has 0 radical (unpaired) electrons. The molecule has 10 nitrogen and oxygen atoms in total. The number of carbonyl (C=O) groups excluding carboxylic acids is 4. The van der Waals surface area contributed by atoms with Crippen LogP contribution in [0.3, 0.4) is 0 Å². The van der Waals surface area contributed by atoms with Crippen molar-refractivity contribution in [2.24, 2.45) is 5.92 Å². The Morgan fingerprint density at radius 2 is 1.72 bits per heavy atom. The number of ether oxygens (including phenoxy) is 1. The van der Waals surface area contributed by atoms with Crippen molar-refractivity contribution in [2.75, 3.05) is 46.4 Å². The van der Waals surface area contributed by atoms with Crippen molar-refractivity contribution >= 4 is 23.6 Å². The van der Waals surface area contributed by atoms with Crippen LogP contribution < -0.4 is 21.3 Å². The van der Waals surface area contributed by atoms with Crippen molar-refractivity contribution in [3.8, 4) is 0 Å². The summed E-state index contributed by atoms with van der Waals surface area (Å²) in [6.07, 6.45) is 1.71. The zero-order chi connectivity index (χ0) is 21.8. The minimum Gasteiger partial charge on any atom is -0.378 e. The molecule has 4 amide bonds. The van der Waals surface area contributed by atoms with Gasteiger partial charge < -0.3 is 26.0 Å². The second-order valence-electron chi connectivity index (χ2n) is 7.58. The largest absolute Gasteiger partial charge is 0.378 e. The lowest BCUT2D eigenvalue weighted by atomic mass is 10.2. The lowest BCUT2D eigenvalue weighted by molar-refractivity contribution is -0.132. The molecule has 2 atom stereocenters. The van der Waals surface area contributed by atoms with Crippen LogP contribution in [0, 0.1) is 5.92 Å². The van der Waals surface area contributed by atoms with E-state index in [9.17, 15) is 19.2 Å². The van der Waals surface area contributed by atoms with E-state index in [-0.39, 0.29) is 43.5 Å². The van der Waals surface area contributed by atoms with Gasteiger partial charge in [-0.25, -0.2) is 0 Å². The molecule has 0 saturated carbocycles. The number of nitrogens with one attached hydrogen (secondary N) is 4. The van der Waals surface area contributed by atoms with Gasteiger partial charge in [0.1, 0.15) is 6.04 Å². The van der Waals surface area contributed by atoms with Gasteiger partial charge in [-0.3, -0.25) is 24.1 Å². The van der Waals surface area contributed by atoms with E-state index in [0.29, 0.717) is 13.2 Å². The minimum atomic E-state index is -0.957. The third-order valence-corrected chi connectivity index (χ3v) is 4.43. The van der Waals surface area contributed by atoms with Crippen molar-refractivity contribution in [3.63, 3.8) is 0 Å². The molecule has 1 aliphatic heterocycles. The van der Waals surface area contributed by atoms with Gasteiger partial charge in [-0.2, -0.15) is 0 Å². The summed E-state index contributed by atoms with van der Waals surface area (Å²) in [7, 11) is 1.87. The molecule has 0 aromatic heterocycles. The zero-order valence-electron chi connectivity index (χ0n) is 17.9. The standard InChI is InChI=1S/C19H35N5O5/c1-5-20-16(25)9-21-18(27)14(12-29-11-13(2)3)23-17(26)10-22-19(28)15-7-6-8-24(15)4/h13-15H,5-12H2,1-4H3,(H,20,25)(H,21,27)(H,22,28)(H,23,26). The van der Waals surface area contributed by atoms with Crippen molar-refractivity contribution in [1.82, 2.24) is 26.2 Å². The highest BCUT2D eigenvalue weighted by Crippen LogP contribution is 2.14. The van der Waals surface area contributed by atoms with Crippen LogP contribution in [0.4, 0.5) is 0 Å². The van der Waals surface area contributed by atoms with Gasteiger partial charge in [0.05, 0.1) is 25.7 Å². The van der Waals surface area contributed by atoms with Gasteiger partial charge in [-0.15, -0.1) is 0 Å². The Morgan fingerprint density at radius 1 is 1.03 bits per heavy atom. The van der Waals surface area contributed by atoms with Crippen LogP contribution in [0.1, 0.15) is 33.6 Å². The first-order chi connectivity index (χ1) is 13.7.